The monoisotopic (exact) mass is 529 g/mol. The van der Waals surface area contributed by atoms with Crippen LogP contribution in [0.1, 0.15) is 54.0 Å². The normalized spacial score (nSPS) is 16.4. The third-order valence-electron chi connectivity index (χ3n) is 7.90. The Morgan fingerprint density at radius 3 is 2.23 bits per heavy atom. The molecule has 1 heterocycles. The van der Waals surface area contributed by atoms with E-state index < -0.39 is 6.10 Å². The van der Waals surface area contributed by atoms with Gasteiger partial charge in [0.05, 0.1) is 21.3 Å². The van der Waals surface area contributed by atoms with Gasteiger partial charge < -0.3 is 24.1 Å². The summed E-state index contributed by atoms with van der Waals surface area (Å²) in [6.45, 7) is 3.95. The molecule has 3 aromatic carbocycles. The maximum Gasteiger partial charge on any atom is 0.161 e. The molecule has 1 unspecified atom stereocenters. The number of piperidine rings is 1. The molecule has 0 spiro atoms. The molecule has 1 N–H and O–H groups in total. The Kier molecular flexibility index (Phi) is 8.74. The van der Waals surface area contributed by atoms with Crippen LogP contribution in [0.15, 0.2) is 60.7 Å². The first-order valence-electron chi connectivity index (χ1n) is 13.9. The summed E-state index contributed by atoms with van der Waals surface area (Å²) in [6, 6.07) is 19.9. The SMILES string of the molecule is COc1ccc2c(c1)CCC(c1ccc(OC)c(OC)c1)=C2C(O)c1ccc(OCCN2CCCCC2)cc1. The fourth-order valence-corrected chi connectivity index (χ4v) is 5.75. The van der Waals surface area contributed by atoms with Crippen LogP contribution in [0.2, 0.25) is 0 Å². The van der Waals surface area contributed by atoms with Gasteiger partial charge in [0.15, 0.2) is 11.5 Å². The van der Waals surface area contributed by atoms with E-state index in [9.17, 15) is 5.11 Å². The van der Waals surface area contributed by atoms with Gasteiger partial charge in [-0.3, -0.25) is 4.90 Å². The second kappa shape index (κ2) is 12.6. The predicted molar refractivity (Wildman–Crippen MR) is 155 cm³/mol. The van der Waals surface area contributed by atoms with E-state index in [-0.39, 0.29) is 0 Å². The standard InChI is InChI=1S/C33H39NO5/c1-36-27-13-15-29-24(21-27)9-14-28(25-10-16-30(37-2)31(22-25)38-3)32(29)33(35)23-7-11-26(12-8-23)39-20-19-34-17-5-4-6-18-34/h7-8,10-13,15-16,21-22,33,35H,4-6,9,14,17-20H2,1-3H3. The smallest absolute Gasteiger partial charge is 0.161 e. The fourth-order valence-electron chi connectivity index (χ4n) is 5.75. The summed E-state index contributed by atoms with van der Waals surface area (Å²) >= 11 is 0. The summed E-state index contributed by atoms with van der Waals surface area (Å²) in [5, 5.41) is 11.8. The molecule has 5 rings (SSSR count). The first kappa shape index (κ1) is 27.1. The molecule has 1 atom stereocenters. The van der Waals surface area contributed by atoms with Crippen molar-refractivity contribution in [3.63, 3.8) is 0 Å². The van der Waals surface area contributed by atoms with Crippen molar-refractivity contribution in [2.75, 3.05) is 47.6 Å². The first-order chi connectivity index (χ1) is 19.1. The van der Waals surface area contributed by atoms with Gasteiger partial charge in [-0.1, -0.05) is 30.7 Å². The quantitative estimate of drug-likeness (QED) is 0.339. The van der Waals surface area contributed by atoms with Crippen LogP contribution in [0.4, 0.5) is 0 Å². The van der Waals surface area contributed by atoms with Gasteiger partial charge in [-0.2, -0.15) is 0 Å². The lowest BCUT2D eigenvalue weighted by Crippen LogP contribution is -2.33. The number of likely N-dealkylation sites (tertiary alicyclic amines) is 1. The second-order valence-corrected chi connectivity index (χ2v) is 10.2. The Balaban J connectivity index is 1.44. The summed E-state index contributed by atoms with van der Waals surface area (Å²) in [5.41, 5.74) is 6.07. The third kappa shape index (κ3) is 6.07. The van der Waals surface area contributed by atoms with Crippen molar-refractivity contribution in [2.45, 2.75) is 38.2 Å². The minimum Gasteiger partial charge on any atom is -0.497 e. The molecule has 3 aromatic rings. The maximum absolute atomic E-state index is 11.8. The third-order valence-corrected chi connectivity index (χ3v) is 7.90. The maximum atomic E-state index is 11.8. The number of methoxy groups -OCH3 is 3. The summed E-state index contributed by atoms with van der Waals surface area (Å²) in [5.74, 6) is 3.00. The highest BCUT2D eigenvalue weighted by atomic mass is 16.5. The Bertz CT molecular complexity index is 1290. The lowest BCUT2D eigenvalue weighted by atomic mass is 9.79. The molecule has 39 heavy (non-hydrogen) atoms. The van der Waals surface area contributed by atoms with Gasteiger partial charge >= 0.3 is 0 Å². The molecule has 1 aliphatic carbocycles. The fraction of sp³-hybridized carbons (Fsp3) is 0.394. The van der Waals surface area contributed by atoms with Crippen LogP contribution in [0, 0.1) is 0 Å². The Hall–Kier alpha value is -3.48. The predicted octanol–water partition coefficient (Wildman–Crippen LogP) is 6.17. The summed E-state index contributed by atoms with van der Waals surface area (Å²) in [6.07, 6.45) is 4.75. The molecule has 1 fully saturated rings. The number of fused-ring (bicyclic) bond motifs is 1. The number of aliphatic hydroxyl groups excluding tert-OH is 1. The van der Waals surface area contributed by atoms with E-state index >= 15 is 0 Å². The van der Waals surface area contributed by atoms with Gasteiger partial charge in [-0.05, 0) is 109 Å². The van der Waals surface area contributed by atoms with E-state index in [0.717, 1.165) is 58.7 Å². The number of nitrogens with zero attached hydrogens (tertiary/aromatic N) is 1. The molecule has 6 heteroatoms. The van der Waals surface area contributed by atoms with Crippen LogP contribution in [-0.2, 0) is 6.42 Å². The van der Waals surface area contributed by atoms with Gasteiger partial charge in [-0.25, -0.2) is 0 Å². The zero-order valence-corrected chi connectivity index (χ0v) is 23.2. The molecule has 6 nitrogen and oxygen atoms in total. The van der Waals surface area contributed by atoms with Crippen LogP contribution in [0.25, 0.3) is 11.1 Å². The van der Waals surface area contributed by atoms with E-state index in [1.807, 2.05) is 48.5 Å². The average molecular weight is 530 g/mol. The van der Waals surface area contributed by atoms with Gasteiger partial charge in [0, 0.05) is 6.54 Å². The molecular weight excluding hydrogens is 490 g/mol. The van der Waals surface area contributed by atoms with Crippen LogP contribution >= 0.6 is 0 Å². The van der Waals surface area contributed by atoms with E-state index in [0.29, 0.717) is 18.1 Å². The number of allylic oxidation sites excluding steroid dienone is 1. The van der Waals surface area contributed by atoms with E-state index in [1.165, 1.54) is 37.9 Å². The van der Waals surface area contributed by atoms with Crippen molar-refractivity contribution < 1.29 is 24.1 Å². The van der Waals surface area contributed by atoms with Crippen molar-refractivity contribution in [2.24, 2.45) is 0 Å². The van der Waals surface area contributed by atoms with Crippen molar-refractivity contribution in [3.05, 3.63) is 82.9 Å². The number of rotatable bonds is 10. The molecule has 0 saturated carbocycles. The number of hydrogen-bond donors (Lipinski definition) is 1. The summed E-state index contributed by atoms with van der Waals surface area (Å²) in [4.78, 5) is 2.47. The zero-order valence-electron chi connectivity index (χ0n) is 23.2. The van der Waals surface area contributed by atoms with Gasteiger partial charge in [-0.15, -0.1) is 0 Å². The molecule has 0 bridgehead atoms. The van der Waals surface area contributed by atoms with Gasteiger partial charge in [0.1, 0.15) is 24.2 Å². The molecule has 1 aliphatic heterocycles. The highest BCUT2D eigenvalue weighted by molar-refractivity contribution is 5.96. The van der Waals surface area contributed by atoms with Gasteiger partial charge in [0.2, 0.25) is 0 Å². The topological polar surface area (TPSA) is 60.4 Å². The van der Waals surface area contributed by atoms with E-state index in [1.54, 1.807) is 21.3 Å². The van der Waals surface area contributed by atoms with Crippen molar-refractivity contribution >= 4 is 11.1 Å². The number of ether oxygens (including phenoxy) is 4. The zero-order chi connectivity index (χ0) is 27.2. The number of aliphatic hydroxyl groups is 1. The minimum absolute atomic E-state index is 0.669. The molecule has 1 saturated heterocycles. The largest absolute Gasteiger partial charge is 0.497 e. The number of aryl methyl sites for hydroxylation is 1. The van der Waals surface area contributed by atoms with Crippen LogP contribution in [0.3, 0.4) is 0 Å². The lowest BCUT2D eigenvalue weighted by molar-refractivity contribution is 0.183. The van der Waals surface area contributed by atoms with Crippen LogP contribution in [-0.4, -0.2) is 57.6 Å². The average Bonchev–Trinajstić information content (AvgIpc) is 3.00. The van der Waals surface area contributed by atoms with E-state index in [4.69, 9.17) is 18.9 Å². The number of benzene rings is 3. The van der Waals surface area contributed by atoms with Crippen molar-refractivity contribution in [3.8, 4) is 23.0 Å². The number of hydrogen-bond acceptors (Lipinski definition) is 6. The minimum atomic E-state index is -0.803. The Morgan fingerprint density at radius 1 is 0.769 bits per heavy atom. The summed E-state index contributed by atoms with van der Waals surface area (Å²) in [7, 11) is 4.96. The van der Waals surface area contributed by atoms with Gasteiger partial charge in [0.25, 0.3) is 0 Å². The van der Waals surface area contributed by atoms with Crippen LogP contribution in [0.5, 0.6) is 23.0 Å². The molecular formula is C33H39NO5. The molecule has 206 valence electrons. The summed E-state index contributed by atoms with van der Waals surface area (Å²) < 4.78 is 22.6. The Labute approximate surface area is 231 Å². The first-order valence-corrected chi connectivity index (χ1v) is 13.9. The van der Waals surface area contributed by atoms with Crippen molar-refractivity contribution in [1.29, 1.82) is 0 Å². The Morgan fingerprint density at radius 2 is 1.51 bits per heavy atom. The highest BCUT2D eigenvalue weighted by Crippen LogP contribution is 2.45. The second-order valence-electron chi connectivity index (χ2n) is 10.2. The molecule has 0 aromatic heterocycles. The van der Waals surface area contributed by atoms with Crippen LogP contribution < -0.4 is 18.9 Å². The molecule has 0 radical (unpaired) electrons. The van der Waals surface area contributed by atoms with E-state index in [2.05, 4.69) is 17.0 Å². The highest BCUT2D eigenvalue weighted by Gasteiger charge is 2.27. The van der Waals surface area contributed by atoms with Crippen molar-refractivity contribution in [1.82, 2.24) is 4.90 Å². The lowest BCUT2D eigenvalue weighted by Gasteiger charge is -2.28. The molecule has 0 amide bonds. The molecule has 2 aliphatic rings.